The SMILES string of the molecule is Cc1cc(-c2nnn(C)c2COC(=O)N(C)CC2CC2)ccc1O[C@H]1CCC[C@H](C(=O)O)C1. The van der Waals surface area contributed by atoms with Gasteiger partial charge in [-0.05, 0) is 75.1 Å². The average molecular weight is 457 g/mol. The van der Waals surface area contributed by atoms with Gasteiger partial charge < -0.3 is 19.5 Å². The van der Waals surface area contributed by atoms with Crippen LogP contribution in [0.5, 0.6) is 5.75 Å². The monoisotopic (exact) mass is 456 g/mol. The molecular weight excluding hydrogens is 424 g/mol. The standard InChI is InChI=1S/C24H32N4O5/c1-15-11-17(9-10-21(15)33-19-6-4-5-18(12-19)23(29)30)22-20(28(3)26-25-22)14-32-24(31)27(2)13-16-7-8-16/h9-11,16,18-19H,4-8,12-14H2,1-3H3,(H,29,30)/t18-,19-/m0/s1. The van der Waals surface area contributed by atoms with E-state index >= 15 is 0 Å². The molecule has 9 heteroatoms. The van der Waals surface area contributed by atoms with E-state index in [0.29, 0.717) is 30.1 Å². The first-order valence-corrected chi connectivity index (χ1v) is 11.6. The number of rotatable bonds is 8. The van der Waals surface area contributed by atoms with E-state index in [0.717, 1.165) is 36.3 Å². The van der Waals surface area contributed by atoms with Crippen molar-refractivity contribution in [3.8, 4) is 17.0 Å². The van der Waals surface area contributed by atoms with Gasteiger partial charge in [0.05, 0.1) is 12.0 Å². The molecule has 2 fully saturated rings. The molecule has 9 nitrogen and oxygen atoms in total. The van der Waals surface area contributed by atoms with E-state index in [-0.39, 0.29) is 24.7 Å². The van der Waals surface area contributed by atoms with Gasteiger partial charge in [-0.3, -0.25) is 4.79 Å². The van der Waals surface area contributed by atoms with Crippen molar-refractivity contribution in [2.45, 2.75) is 58.2 Å². The second-order valence-corrected chi connectivity index (χ2v) is 9.31. The number of nitrogens with zero attached hydrogens (tertiary/aromatic N) is 4. The number of carboxylic acids is 1. The number of ether oxygens (including phenoxy) is 2. The van der Waals surface area contributed by atoms with Gasteiger partial charge >= 0.3 is 12.1 Å². The summed E-state index contributed by atoms with van der Waals surface area (Å²) >= 11 is 0. The van der Waals surface area contributed by atoms with Crippen LogP contribution >= 0.6 is 0 Å². The molecule has 0 saturated heterocycles. The lowest BCUT2D eigenvalue weighted by molar-refractivity contribution is -0.143. The van der Waals surface area contributed by atoms with Crippen LogP contribution in [0.15, 0.2) is 18.2 Å². The quantitative estimate of drug-likeness (QED) is 0.644. The highest BCUT2D eigenvalue weighted by atomic mass is 16.6. The minimum atomic E-state index is -0.745. The molecule has 178 valence electrons. The Morgan fingerprint density at radius 2 is 2.03 bits per heavy atom. The molecule has 2 atom stereocenters. The highest BCUT2D eigenvalue weighted by molar-refractivity contribution is 5.70. The number of carboxylic acid groups (broad SMARTS) is 1. The third-order valence-corrected chi connectivity index (χ3v) is 6.53. The van der Waals surface area contributed by atoms with Gasteiger partial charge in [0.25, 0.3) is 0 Å². The Morgan fingerprint density at radius 3 is 2.73 bits per heavy atom. The van der Waals surface area contributed by atoms with E-state index in [1.165, 1.54) is 12.8 Å². The number of benzene rings is 1. The largest absolute Gasteiger partial charge is 0.490 e. The van der Waals surface area contributed by atoms with Gasteiger partial charge in [-0.1, -0.05) is 5.21 Å². The molecule has 0 spiro atoms. The van der Waals surface area contributed by atoms with Crippen LogP contribution in [0.2, 0.25) is 0 Å². The van der Waals surface area contributed by atoms with Gasteiger partial charge in [0.15, 0.2) is 0 Å². The molecule has 1 N–H and O–H groups in total. The number of carbonyl (C=O) groups excluding carboxylic acids is 1. The molecule has 1 aromatic carbocycles. The topological polar surface area (TPSA) is 107 Å². The molecule has 0 aliphatic heterocycles. The van der Waals surface area contributed by atoms with Gasteiger partial charge in [-0.15, -0.1) is 5.10 Å². The molecular formula is C24H32N4O5. The lowest BCUT2D eigenvalue weighted by atomic mass is 9.87. The molecule has 0 radical (unpaired) electrons. The number of carbonyl (C=O) groups is 2. The summed E-state index contributed by atoms with van der Waals surface area (Å²) in [6, 6.07) is 5.78. The Balaban J connectivity index is 1.42. The zero-order valence-electron chi connectivity index (χ0n) is 19.5. The first kappa shape index (κ1) is 23.1. The Bertz CT molecular complexity index is 1020. The summed E-state index contributed by atoms with van der Waals surface area (Å²) in [5.74, 6) is 0.263. The van der Waals surface area contributed by atoms with Crippen LogP contribution in [-0.4, -0.2) is 56.8 Å². The van der Waals surface area contributed by atoms with Crippen LogP contribution < -0.4 is 4.74 Å². The van der Waals surface area contributed by atoms with Crippen LogP contribution in [0.1, 0.15) is 49.8 Å². The predicted molar refractivity (Wildman–Crippen MR) is 121 cm³/mol. The Labute approximate surface area is 193 Å². The lowest BCUT2D eigenvalue weighted by Crippen LogP contribution is -2.29. The van der Waals surface area contributed by atoms with E-state index < -0.39 is 5.97 Å². The molecule has 33 heavy (non-hydrogen) atoms. The normalized spacial score (nSPS) is 20.3. The molecule has 1 heterocycles. The van der Waals surface area contributed by atoms with Crippen LogP contribution in [0, 0.1) is 18.8 Å². The fourth-order valence-corrected chi connectivity index (χ4v) is 4.35. The summed E-state index contributed by atoms with van der Waals surface area (Å²) < 4.78 is 13.3. The van der Waals surface area contributed by atoms with E-state index in [4.69, 9.17) is 9.47 Å². The summed E-state index contributed by atoms with van der Waals surface area (Å²) in [4.78, 5) is 25.3. The second kappa shape index (κ2) is 9.80. The first-order valence-electron chi connectivity index (χ1n) is 11.6. The summed E-state index contributed by atoms with van der Waals surface area (Å²) in [7, 11) is 3.54. The Morgan fingerprint density at radius 1 is 1.24 bits per heavy atom. The smallest absolute Gasteiger partial charge is 0.409 e. The predicted octanol–water partition coefficient (Wildman–Crippen LogP) is 3.79. The molecule has 4 rings (SSSR count). The van der Waals surface area contributed by atoms with Crippen LogP contribution in [0.4, 0.5) is 4.79 Å². The van der Waals surface area contributed by atoms with Crippen molar-refractivity contribution in [2.24, 2.45) is 18.9 Å². The van der Waals surface area contributed by atoms with Gasteiger partial charge in [0.2, 0.25) is 0 Å². The van der Waals surface area contributed by atoms with Crippen molar-refractivity contribution >= 4 is 12.1 Å². The van der Waals surface area contributed by atoms with Crippen molar-refractivity contribution in [1.82, 2.24) is 19.9 Å². The Kier molecular flexibility index (Phi) is 6.85. The Hall–Kier alpha value is -3.10. The van der Waals surface area contributed by atoms with E-state index in [2.05, 4.69) is 10.3 Å². The third kappa shape index (κ3) is 5.64. The minimum absolute atomic E-state index is 0.0859. The fraction of sp³-hybridized carbons (Fsp3) is 0.583. The maximum Gasteiger partial charge on any atom is 0.409 e. The first-order chi connectivity index (χ1) is 15.8. The van der Waals surface area contributed by atoms with Crippen molar-refractivity contribution in [3.63, 3.8) is 0 Å². The van der Waals surface area contributed by atoms with Crippen LogP contribution in [-0.2, 0) is 23.2 Å². The zero-order chi connectivity index (χ0) is 23.5. The highest BCUT2D eigenvalue weighted by Crippen LogP contribution is 2.32. The number of aromatic nitrogens is 3. The van der Waals surface area contributed by atoms with Crippen LogP contribution in [0.3, 0.4) is 0 Å². The summed E-state index contributed by atoms with van der Waals surface area (Å²) in [6.45, 7) is 2.77. The number of amides is 1. The maximum atomic E-state index is 12.3. The number of aliphatic carboxylic acids is 1. The molecule has 2 aromatic rings. The van der Waals surface area contributed by atoms with Crippen molar-refractivity contribution in [3.05, 3.63) is 29.5 Å². The summed E-state index contributed by atoms with van der Waals surface area (Å²) in [5, 5.41) is 17.7. The lowest BCUT2D eigenvalue weighted by Gasteiger charge is -2.28. The second-order valence-electron chi connectivity index (χ2n) is 9.31. The average Bonchev–Trinajstić information content (AvgIpc) is 3.53. The fourth-order valence-electron chi connectivity index (χ4n) is 4.35. The molecule has 1 aromatic heterocycles. The number of hydrogen-bond donors (Lipinski definition) is 1. The number of aryl methyl sites for hydroxylation is 2. The molecule has 2 aliphatic carbocycles. The van der Waals surface area contributed by atoms with E-state index in [9.17, 15) is 14.7 Å². The molecule has 1 amide bonds. The van der Waals surface area contributed by atoms with Gasteiger partial charge in [-0.2, -0.15) is 0 Å². The van der Waals surface area contributed by atoms with Crippen molar-refractivity contribution in [2.75, 3.05) is 13.6 Å². The summed E-state index contributed by atoms with van der Waals surface area (Å²) in [6.07, 6.45) is 4.87. The van der Waals surface area contributed by atoms with Crippen molar-refractivity contribution < 1.29 is 24.2 Å². The molecule has 2 saturated carbocycles. The summed E-state index contributed by atoms with van der Waals surface area (Å²) in [5.41, 5.74) is 3.17. The van der Waals surface area contributed by atoms with Gasteiger partial charge in [0.1, 0.15) is 23.7 Å². The zero-order valence-corrected chi connectivity index (χ0v) is 19.5. The minimum Gasteiger partial charge on any atom is -0.490 e. The van der Waals surface area contributed by atoms with Gasteiger partial charge in [-0.25, -0.2) is 9.48 Å². The number of hydrogen-bond acceptors (Lipinski definition) is 6. The highest BCUT2D eigenvalue weighted by Gasteiger charge is 2.29. The maximum absolute atomic E-state index is 12.3. The molecule has 2 aliphatic rings. The third-order valence-electron chi connectivity index (χ3n) is 6.53. The van der Waals surface area contributed by atoms with Crippen molar-refractivity contribution in [1.29, 1.82) is 0 Å². The van der Waals surface area contributed by atoms with E-state index in [1.54, 1.807) is 23.7 Å². The molecule has 0 bridgehead atoms. The van der Waals surface area contributed by atoms with Gasteiger partial charge in [0, 0.05) is 26.2 Å². The van der Waals surface area contributed by atoms with E-state index in [1.807, 2.05) is 25.1 Å². The van der Waals surface area contributed by atoms with Crippen LogP contribution in [0.25, 0.3) is 11.3 Å². The molecule has 0 unspecified atom stereocenters.